The van der Waals surface area contributed by atoms with Crippen LogP contribution in [0.2, 0.25) is 6.04 Å². The minimum absolute atomic E-state index is 0.0345. The number of aliphatic hydroxyl groups is 1. The number of amides is 1. The first kappa shape index (κ1) is 25.9. The number of carbonyl (C=O) groups excluding carboxylic acids is 1. The third kappa shape index (κ3) is 13.7. The van der Waals surface area contributed by atoms with Gasteiger partial charge in [0.1, 0.15) is 0 Å². The summed E-state index contributed by atoms with van der Waals surface area (Å²) >= 11 is 0. The van der Waals surface area contributed by atoms with E-state index in [1.807, 2.05) is 6.92 Å². The van der Waals surface area contributed by atoms with Crippen molar-refractivity contribution in [2.75, 3.05) is 19.8 Å². The highest BCUT2D eigenvalue weighted by molar-refractivity contribution is 6.56. The number of nitrogens with two attached hydrogens (primary N) is 1. The van der Waals surface area contributed by atoms with E-state index in [0.717, 1.165) is 0 Å². The predicted octanol–water partition coefficient (Wildman–Crippen LogP) is -1.36. The number of aliphatic carboxylic acids is 1. The molecular formula is C16H34N2O8Si. The second-order valence-electron chi connectivity index (χ2n) is 6.93. The zero-order valence-corrected chi connectivity index (χ0v) is 17.0. The predicted molar refractivity (Wildman–Crippen MR) is 99.5 cm³/mol. The van der Waals surface area contributed by atoms with Crippen molar-refractivity contribution in [3.63, 3.8) is 0 Å². The number of carboxylic acids is 1. The Hall–Kier alpha value is -1.08. The number of carboxylic acid groups (broad SMARTS) is 1. The number of hydrogen-bond acceptors (Lipinski definition) is 8. The van der Waals surface area contributed by atoms with Crippen molar-refractivity contribution in [2.24, 2.45) is 17.6 Å². The van der Waals surface area contributed by atoms with E-state index in [1.165, 1.54) is 0 Å². The molecule has 0 heterocycles. The lowest BCUT2D eigenvalue weighted by molar-refractivity contribution is -0.142. The molecule has 4 atom stereocenters. The second kappa shape index (κ2) is 13.2. The SMILES string of the molecule is CCC(CC(CC(C)NCC(O)COCCC[Si](O)(O)O)C(N)=O)C(=O)O. The fraction of sp³-hybridized carbons (Fsp3) is 0.875. The monoisotopic (exact) mass is 410 g/mol. The first-order chi connectivity index (χ1) is 12.5. The molecule has 0 aliphatic carbocycles. The molecule has 8 N–H and O–H groups in total. The molecule has 0 radical (unpaired) electrons. The first-order valence-electron chi connectivity index (χ1n) is 9.14. The molecule has 0 aromatic carbocycles. The Balaban J connectivity index is 4.14. The van der Waals surface area contributed by atoms with Gasteiger partial charge in [-0.3, -0.25) is 9.59 Å². The third-order valence-corrected chi connectivity index (χ3v) is 5.29. The average molecular weight is 411 g/mol. The number of rotatable bonds is 16. The number of aliphatic hydroxyl groups excluding tert-OH is 1. The summed E-state index contributed by atoms with van der Waals surface area (Å²) in [6.07, 6.45) is 0.437. The first-order valence-corrected chi connectivity index (χ1v) is 11.2. The maximum atomic E-state index is 11.6. The number of hydrogen-bond donors (Lipinski definition) is 7. The highest BCUT2D eigenvalue weighted by atomic mass is 28.4. The average Bonchev–Trinajstić information content (AvgIpc) is 2.54. The molecule has 0 rings (SSSR count). The molecule has 0 aliphatic rings. The van der Waals surface area contributed by atoms with Crippen LogP contribution in [-0.2, 0) is 14.3 Å². The molecular weight excluding hydrogens is 376 g/mol. The van der Waals surface area contributed by atoms with E-state index in [9.17, 15) is 14.7 Å². The summed E-state index contributed by atoms with van der Waals surface area (Å²) in [5.41, 5.74) is 5.39. The topological polar surface area (TPSA) is 183 Å². The summed E-state index contributed by atoms with van der Waals surface area (Å²) in [5.74, 6) is -2.67. The van der Waals surface area contributed by atoms with Crippen LogP contribution in [0.15, 0.2) is 0 Å². The van der Waals surface area contributed by atoms with Gasteiger partial charge >= 0.3 is 14.8 Å². The number of carbonyl (C=O) groups is 2. The molecule has 27 heavy (non-hydrogen) atoms. The molecule has 0 spiro atoms. The lowest BCUT2D eigenvalue weighted by atomic mass is 9.88. The van der Waals surface area contributed by atoms with Gasteiger partial charge in [-0.05, 0) is 32.6 Å². The number of ether oxygens (including phenoxy) is 1. The normalized spacial score (nSPS) is 16.5. The minimum atomic E-state index is -4.04. The highest BCUT2D eigenvalue weighted by Crippen LogP contribution is 2.20. The van der Waals surface area contributed by atoms with E-state index in [0.29, 0.717) is 12.8 Å². The zero-order valence-electron chi connectivity index (χ0n) is 16.0. The Labute approximate surface area is 160 Å². The van der Waals surface area contributed by atoms with Crippen molar-refractivity contribution in [1.82, 2.24) is 5.32 Å². The van der Waals surface area contributed by atoms with Crippen LogP contribution in [0.3, 0.4) is 0 Å². The van der Waals surface area contributed by atoms with Crippen molar-refractivity contribution in [3.05, 3.63) is 0 Å². The Bertz CT molecular complexity index is 447. The van der Waals surface area contributed by atoms with Crippen LogP contribution in [0.5, 0.6) is 0 Å². The van der Waals surface area contributed by atoms with Crippen LogP contribution < -0.4 is 11.1 Å². The van der Waals surface area contributed by atoms with Crippen molar-refractivity contribution >= 4 is 20.7 Å². The summed E-state index contributed by atoms with van der Waals surface area (Å²) in [7, 11) is -4.04. The summed E-state index contributed by atoms with van der Waals surface area (Å²) in [6, 6.07) is -0.282. The number of primary amides is 1. The Morgan fingerprint density at radius 2 is 1.81 bits per heavy atom. The highest BCUT2D eigenvalue weighted by Gasteiger charge is 2.27. The molecule has 0 saturated carbocycles. The molecule has 0 aromatic heterocycles. The standard InChI is InChI=1S/C16H34N2O8Si/c1-3-12(16(21)22)8-13(15(17)20)7-11(2)18-9-14(19)10-26-5-4-6-27(23,24)25/h11-14,18-19,23-25H,3-10H2,1-2H3,(H2,17,20)(H,21,22). The van der Waals surface area contributed by atoms with Gasteiger partial charge in [-0.25, -0.2) is 0 Å². The molecule has 0 aromatic rings. The molecule has 4 unspecified atom stereocenters. The van der Waals surface area contributed by atoms with Crippen molar-refractivity contribution in [3.8, 4) is 0 Å². The maximum Gasteiger partial charge on any atom is 0.492 e. The van der Waals surface area contributed by atoms with Gasteiger partial charge < -0.3 is 40.4 Å². The van der Waals surface area contributed by atoms with Crippen LogP contribution in [0.25, 0.3) is 0 Å². The lowest BCUT2D eigenvalue weighted by Crippen LogP contribution is -2.39. The van der Waals surface area contributed by atoms with Crippen molar-refractivity contribution in [2.45, 2.75) is 57.7 Å². The fourth-order valence-electron chi connectivity index (χ4n) is 2.65. The van der Waals surface area contributed by atoms with Gasteiger partial charge in [0, 0.05) is 31.2 Å². The van der Waals surface area contributed by atoms with Gasteiger partial charge in [-0.2, -0.15) is 0 Å². The van der Waals surface area contributed by atoms with Gasteiger partial charge in [0.2, 0.25) is 5.91 Å². The number of nitrogens with one attached hydrogen (secondary N) is 1. The molecule has 0 bridgehead atoms. The van der Waals surface area contributed by atoms with Gasteiger partial charge in [-0.1, -0.05) is 6.92 Å². The molecule has 160 valence electrons. The van der Waals surface area contributed by atoms with Gasteiger partial charge in [0.05, 0.1) is 18.6 Å². The van der Waals surface area contributed by atoms with Gasteiger partial charge in [0.15, 0.2) is 0 Å². The van der Waals surface area contributed by atoms with Gasteiger partial charge in [-0.15, -0.1) is 0 Å². The molecule has 10 nitrogen and oxygen atoms in total. The van der Waals surface area contributed by atoms with Crippen LogP contribution in [0.1, 0.15) is 39.5 Å². The Morgan fingerprint density at radius 1 is 1.19 bits per heavy atom. The van der Waals surface area contributed by atoms with Crippen molar-refractivity contribution in [1.29, 1.82) is 0 Å². The molecule has 11 heteroatoms. The largest absolute Gasteiger partial charge is 0.492 e. The van der Waals surface area contributed by atoms with Crippen LogP contribution in [-0.4, -0.2) is 77.2 Å². The van der Waals surface area contributed by atoms with Gasteiger partial charge in [0.25, 0.3) is 0 Å². The van der Waals surface area contributed by atoms with E-state index in [-0.39, 0.29) is 44.7 Å². The summed E-state index contributed by atoms with van der Waals surface area (Å²) in [6.45, 7) is 3.99. The van der Waals surface area contributed by atoms with E-state index < -0.39 is 38.6 Å². The zero-order chi connectivity index (χ0) is 21.0. The van der Waals surface area contributed by atoms with Crippen LogP contribution in [0, 0.1) is 11.8 Å². The van der Waals surface area contributed by atoms with E-state index in [4.69, 9.17) is 30.0 Å². The smallest absolute Gasteiger partial charge is 0.481 e. The van der Waals surface area contributed by atoms with E-state index in [1.54, 1.807) is 6.92 Å². The molecule has 0 saturated heterocycles. The molecule has 1 amide bonds. The summed E-state index contributed by atoms with van der Waals surface area (Å²) in [4.78, 5) is 49.3. The lowest BCUT2D eigenvalue weighted by Gasteiger charge is -2.23. The van der Waals surface area contributed by atoms with E-state index in [2.05, 4.69) is 5.32 Å². The summed E-state index contributed by atoms with van der Waals surface area (Å²) in [5, 5.41) is 22.0. The molecule has 0 aliphatic heterocycles. The van der Waals surface area contributed by atoms with Crippen LogP contribution >= 0.6 is 0 Å². The van der Waals surface area contributed by atoms with Crippen molar-refractivity contribution < 1.29 is 38.9 Å². The summed E-state index contributed by atoms with van der Waals surface area (Å²) < 4.78 is 5.20. The molecule has 0 fully saturated rings. The fourth-order valence-corrected chi connectivity index (χ4v) is 3.27. The van der Waals surface area contributed by atoms with E-state index >= 15 is 0 Å². The quantitative estimate of drug-likeness (QED) is 0.119. The third-order valence-electron chi connectivity index (χ3n) is 4.26. The van der Waals surface area contributed by atoms with Crippen LogP contribution in [0.4, 0.5) is 0 Å². The maximum absolute atomic E-state index is 11.6. The Morgan fingerprint density at radius 3 is 2.30 bits per heavy atom. The Kier molecular flexibility index (Phi) is 12.6. The second-order valence-corrected chi connectivity index (χ2v) is 8.98. The minimum Gasteiger partial charge on any atom is -0.481 e.